The Morgan fingerprint density at radius 2 is 2.29 bits per heavy atom. The number of fused-ring (bicyclic) bond motifs is 1. The van der Waals surface area contributed by atoms with Gasteiger partial charge in [-0.15, -0.1) is 0 Å². The van der Waals surface area contributed by atoms with Crippen molar-refractivity contribution in [1.29, 1.82) is 0 Å². The van der Waals surface area contributed by atoms with E-state index in [1.165, 1.54) is 11.8 Å². The molecule has 5 nitrogen and oxygen atoms in total. The van der Waals surface area contributed by atoms with Gasteiger partial charge in [0, 0.05) is 43.0 Å². The van der Waals surface area contributed by atoms with Gasteiger partial charge < -0.3 is 14.7 Å². The summed E-state index contributed by atoms with van der Waals surface area (Å²) in [6.07, 6.45) is 3.62. The van der Waals surface area contributed by atoms with Gasteiger partial charge in [-0.3, -0.25) is 0 Å². The van der Waals surface area contributed by atoms with Crippen LogP contribution in [-0.2, 0) is 7.05 Å². The minimum Gasteiger partial charge on any atom is -0.431 e. The van der Waals surface area contributed by atoms with Gasteiger partial charge in [0.25, 0.3) is 5.22 Å². The first-order valence-electron chi connectivity index (χ1n) is 5.03. The smallest absolute Gasteiger partial charge is 0.264 e. The Morgan fingerprint density at radius 1 is 1.41 bits per heavy atom. The molecule has 0 saturated heterocycles. The van der Waals surface area contributed by atoms with Gasteiger partial charge in [-0.2, -0.15) is 0 Å². The third-order valence-electron chi connectivity index (χ3n) is 2.35. The van der Waals surface area contributed by atoms with Crippen LogP contribution in [0.2, 0.25) is 0 Å². The fourth-order valence-electron chi connectivity index (χ4n) is 1.49. The Kier molecular flexibility index (Phi) is 2.29. The molecule has 3 aromatic rings. The van der Waals surface area contributed by atoms with Crippen LogP contribution in [0, 0.1) is 0 Å². The number of nitrogens with zero attached hydrogens (tertiary/aromatic N) is 3. The van der Waals surface area contributed by atoms with Crippen LogP contribution < -0.4 is 5.73 Å². The van der Waals surface area contributed by atoms with Gasteiger partial charge in [-0.05, 0) is 12.1 Å². The van der Waals surface area contributed by atoms with Crippen molar-refractivity contribution in [3.63, 3.8) is 0 Å². The Labute approximate surface area is 102 Å². The van der Waals surface area contributed by atoms with E-state index in [1.807, 2.05) is 23.9 Å². The number of benzene rings is 1. The highest BCUT2D eigenvalue weighted by molar-refractivity contribution is 7.99. The number of nitrogen functional groups attached to an aromatic ring is 1. The van der Waals surface area contributed by atoms with E-state index in [0.717, 1.165) is 10.7 Å². The zero-order valence-electron chi connectivity index (χ0n) is 9.12. The number of nitrogens with two attached hydrogens (primary N) is 1. The number of hydrogen-bond donors (Lipinski definition) is 1. The van der Waals surface area contributed by atoms with Crippen molar-refractivity contribution in [2.75, 3.05) is 5.73 Å². The van der Waals surface area contributed by atoms with E-state index in [0.29, 0.717) is 16.5 Å². The normalized spacial score (nSPS) is 11.1. The number of anilines is 1. The van der Waals surface area contributed by atoms with Gasteiger partial charge in [0.2, 0.25) is 0 Å². The van der Waals surface area contributed by atoms with Crippen LogP contribution in [0.25, 0.3) is 11.1 Å². The summed E-state index contributed by atoms with van der Waals surface area (Å²) in [6.45, 7) is 0. The van der Waals surface area contributed by atoms with Crippen molar-refractivity contribution in [2.24, 2.45) is 7.05 Å². The topological polar surface area (TPSA) is 69.9 Å². The molecule has 2 N–H and O–H groups in total. The lowest BCUT2D eigenvalue weighted by Crippen LogP contribution is -1.87. The maximum Gasteiger partial charge on any atom is 0.264 e. The molecule has 0 unspecified atom stereocenters. The lowest BCUT2D eigenvalue weighted by molar-refractivity contribution is 0.488. The fourth-order valence-corrected chi connectivity index (χ4v) is 2.24. The summed E-state index contributed by atoms with van der Waals surface area (Å²) in [7, 11) is 1.93. The van der Waals surface area contributed by atoms with Crippen molar-refractivity contribution >= 4 is 28.5 Å². The zero-order chi connectivity index (χ0) is 11.8. The Morgan fingerprint density at radius 3 is 3.06 bits per heavy atom. The minimum absolute atomic E-state index is 0.569. The van der Waals surface area contributed by atoms with Gasteiger partial charge >= 0.3 is 0 Å². The fraction of sp³-hybridized carbons (Fsp3) is 0.0909. The van der Waals surface area contributed by atoms with Crippen molar-refractivity contribution in [1.82, 2.24) is 14.5 Å². The molecule has 0 saturated carbocycles. The molecule has 0 fully saturated rings. The molecule has 0 bridgehead atoms. The molecule has 0 atom stereocenters. The van der Waals surface area contributed by atoms with Crippen LogP contribution in [0.4, 0.5) is 5.69 Å². The quantitative estimate of drug-likeness (QED) is 0.702. The summed E-state index contributed by atoms with van der Waals surface area (Å²) in [5.41, 5.74) is 7.85. The third kappa shape index (κ3) is 1.87. The van der Waals surface area contributed by atoms with Crippen LogP contribution in [0.5, 0.6) is 0 Å². The average molecular weight is 246 g/mol. The van der Waals surface area contributed by atoms with Crippen LogP contribution in [0.15, 0.2) is 45.4 Å². The zero-order valence-corrected chi connectivity index (χ0v) is 9.94. The van der Waals surface area contributed by atoms with Crippen LogP contribution in [-0.4, -0.2) is 14.5 Å². The molecule has 0 aliphatic carbocycles. The molecule has 6 heteroatoms. The monoisotopic (exact) mass is 246 g/mol. The molecular formula is C11H10N4OS. The van der Waals surface area contributed by atoms with Gasteiger partial charge in [0.1, 0.15) is 5.52 Å². The van der Waals surface area contributed by atoms with Crippen LogP contribution in [0.3, 0.4) is 0 Å². The molecular weight excluding hydrogens is 236 g/mol. The molecule has 2 heterocycles. The number of hydrogen-bond acceptors (Lipinski definition) is 5. The number of oxazole rings is 1. The molecule has 3 rings (SSSR count). The summed E-state index contributed by atoms with van der Waals surface area (Å²) >= 11 is 1.39. The Bertz CT molecular complexity index is 673. The van der Waals surface area contributed by atoms with Crippen LogP contribution in [0.1, 0.15) is 0 Å². The first-order valence-corrected chi connectivity index (χ1v) is 5.85. The van der Waals surface area contributed by atoms with Crippen molar-refractivity contribution in [2.45, 2.75) is 10.4 Å². The highest BCUT2D eigenvalue weighted by Gasteiger charge is 2.10. The predicted molar refractivity (Wildman–Crippen MR) is 65.8 cm³/mol. The van der Waals surface area contributed by atoms with Crippen molar-refractivity contribution in [3.05, 3.63) is 30.6 Å². The highest BCUT2D eigenvalue weighted by atomic mass is 32.2. The maximum atomic E-state index is 5.68. The van der Waals surface area contributed by atoms with Gasteiger partial charge in [-0.1, -0.05) is 0 Å². The first kappa shape index (κ1) is 10.2. The van der Waals surface area contributed by atoms with E-state index >= 15 is 0 Å². The summed E-state index contributed by atoms with van der Waals surface area (Å²) in [6, 6.07) is 5.42. The maximum absolute atomic E-state index is 5.68. The summed E-state index contributed by atoms with van der Waals surface area (Å²) in [5, 5.41) is 1.41. The molecule has 0 aliphatic rings. The lowest BCUT2D eigenvalue weighted by Gasteiger charge is -1.95. The van der Waals surface area contributed by atoms with Crippen molar-refractivity contribution < 1.29 is 4.42 Å². The summed E-state index contributed by atoms with van der Waals surface area (Å²) in [4.78, 5) is 8.56. The van der Waals surface area contributed by atoms with Gasteiger partial charge in [-0.25, -0.2) is 9.97 Å². The Balaban J connectivity index is 1.99. The first-order chi connectivity index (χ1) is 8.22. The standard InChI is InChI=1S/C11H10N4OS/c1-15-5-4-13-10(15)17-11-14-8-3-2-7(12)6-9(8)16-11/h2-6H,12H2,1H3. The van der Waals surface area contributed by atoms with Gasteiger partial charge in [0.05, 0.1) is 0 Å². The van der Waals surface area contributed by atoms with E-state index in [1.54, 1.807) is 18.3 Å². The third-order valence-corrected chi connectivity index (χ3v) is 3.27. The summed E-state index contributed by atoms with van der Waals surface area (Å²) < 4.78 is 7.51. The molecule has 17 heavy (non-hydrogen) atoms. The number of rotatable bonds is 2. The Hall–Kier alpha value is -1.95. The van der Waals surface area contributed by atoms with Gasteiger partial charge in [0.15, 0.2) is 10.7 Å². The van der Waals surface area contributed by atoms with E-state index in [9.17, 15) is 0 Å². The SMILES string of the molecule is Cn1ccnc1Sc1nc2ccc(N)cc2o1. The van der Waals surface area contributed by atoms with E-state index < -0.39 is 0 Å². The number of aromatic nitrogens is 3. The van der Waals surface area contributed by atoms with E-state index in [2.05, 4.69) is 9.97 Å². The van der Waals surface area contributed by atoms with E-state index in [4.69, 9.17) is 10.2 Å². The molecule has 0 aliphatic heterocycles. The van der Waals surface area contributed by atoms with Crippen molar-refractivity contribution in [3.8, 4) is 0 Å². The second-order valence-electron chi connectivity index (χ2n) is 3.63. The highest BCUT2D eigenvalue weighted by Crippen LogP contribution is 2.29. The lowest BCUT2D eigenvalue weighted by atomic mass is 10.3. The predicted octanol–water partition coefficient (Wildman–Crippen LogP) is 2.29. The number of aryl methyl sites for hydroxylation is 1. The average Bonchev–Trinajstić information content (AvgIpc) is 2.85. The second kappa shape index (κ2) is 3.81. The number of imidazole rings is 1. The largest absolute Gasteiger partial charge is 0.431 e. The second-order valence-corrected chi connectivity index (χ2v) is 4.55. The minimum atomic E-state index is 0.569. The molecule has 2 aromatic heterocycles. The molecule has 1 aromatic carbocycles. The van der Waals surface area contributed by atoms with E-state index in [-0.39, 0.29) is 0 Å². The molecule has 0 radical (unpaired) electrons. The summed E-state index contributed by atoms with van der Waals surface area (Å²) in [5.74, 6) is 0. The molecule has 86 valence electrons. The molecule has 0 spiro atoms. The van der Waals surface area contributed by atoms with Crippen LogP contribution >= 0.6 is 11.8 Å². The molecule has 0 amide bonds.